The Morgan fingerprint density at radius 3 is 2.84 bits per heavy atom. The van der Waals surface area contributed by atoms with Crippen LogP contribution in [0.25, 0.3) is 5.82 Å². The van der Waals surface area contributed by atoms with Gasteiger partial charge in [0.05, 0.1) is 0 Å². The lowest BCUT2D eigenvalue weighted by atomic mass is 10.2. The first-order chi connectivity index (χ1) is 12.2. The van der Waals surface area contributed by atoms with Crippen molar-refractivity contribution < 1.29 is 4.79 Å². The maximum Gasteiger partial charge on any atom is 0.221 e. The Balaban J connectivity index is 1.42. The van der Waals surface area contributed by atoms with Gasteiger partial charge in [-0.1, -0.05) is 18.2 Å². The summed E-state index contributed by atoms with van der Waals surface area (Å²) in [4.78, 5) is 21.5. The van der Waals surface area contributed by atoms with Gasteiger partial charge in [0.15, 0.2) is 0 Å². The molecule has 0 saturated carbocycles. The van der Waals surface area contributed by atoms with Crippen LogP contribution in [-0.2, 0) is 11.3 Å². The van der Waals surface area contributed by atoms with E-state index in [4.69, 9.17) is 0 Å². The van der Waals surface area contributed by atoms with Gasteiger partial charge in [-0.3, -0.25) is 9.36 Å². The van der Waals surface area contributed by atoms with Gasteiger partial charge in [-0.2, -0.15) is 0 Å². The molecule has 25 heavy (non-hydrogen) atoms. The lowest BCUT2D eigenvalue weighted by Crippen LogP contribution is -2.23. The predicted octanol–water partition coefficient (Wildman–Crippen LogP) is 3.83. The minimum Gasteiger partial charge on any atom is -0.352 e. The molecule has 3 aromatic rings. The van der Waals surface area contributed by atoms with E-state index in [1.165, 1.54) is 0 Å². The molecule has 0 atom stereocenters. The zero-order valence-corrected chi connectivity index (χ0v) is 15.8. The van der Waals surface area contributed by atoms with E-state index < -0.39 is 0 Å². The second-order valence-corrected chi connectivity index (χ2v) is 7.29. The Morgan fingerprint density at radius 1 is 1.24 bits per heavy atom. The van der Waals surface area contributed by atoms with Gasteiger partial charge in [0.1, 0.15) is 12.1 Å². The van der Waals surface area contributed by atoms with Gasteiger partial charge in [-0.05, 0) is 39.7 Å². The second-order valence-electron chi connectivity index (χ2n) is 5.30. The van der Waals surface area contributed by atoms with Gasteiger partial charge in [0.2, 0.25) is 5.91 Å². The van der Waals surface area contributed by atoms with Crippen molar-refractivity contribution in [1.82, 2.24) is 19.9 Å². The van der Waals surface area contributed by atoms with Crippen LogP contribution in [0.3, 0.4) is 0 Å². The van der Waals surface area contributed by atoms with Crippen LogP contribution in [0.15, 0.2) is 70.7 Å². The highest BCUT2D eigenvalue weighted by atomic mass is 79.9. The van der Waals surface area contributed by atoms with Gasteiger partial charge in [0.25, 0.3) is 0 Å². The molecule has 0 aliphatic rings. The molecule has 0 aliphatic heterocycles. The smallest absolute Gasteiger partial charge is 0.221 e. The number of pyridine rings is 1. The van der Waals surface area contributed by atoms with Crippen LogP contribution >= 0.6 is 27.7 Å². The van der Waals surface area contributed by atoms with Crippen LogP contribution < -0.4 is 5.32 Å². The van der Waals surface area contributed by atoms with Crippen LogP contribution in [0.4, 0.5) is 0 Å². The zero-order valence-electron chi connectivity index (χ0n) is 13.4. The van der Waals surface area contributed by atoms with E-state index in [0.29, 0.717) is 13.0 Å². The van der Waals surface area contributed by atoms with E-state index in [0.717, 1.165) is 26.5 Å². The lowest BCUT2D eigenvalue weighted by Gasteiger charge is -2.07. The highest BCUT2D eigenvalue weighted by Gasteiger charge is 2.05. The van der Waals surface area contributed by atoms with Crippen molar-refractivity contribution >= 4 is 33.6 Å². The number of imidazole rings is 1. The monoisotopic (exact) mass is 416 g/mol. The summed E-state index contributed by atoms with van der Waals surface area (Å²) in [7, 11) is 0. The van der Waals surface area contributed by atoms with Gasteiger partial charge < -0.3 is 5.32 Å². The number of benzene rings is 1. The molecule has 3 rings (SSSR count). The average molecular weight is 417 g/mol. The molecule has 1 amide bonds. The summed E-state index contributed by atoms with van der Waals surface area (Å²) in [6, 6.07) is 11.9. The maximum atomic E-state index is 12.0. The number of thioether (sulfide) groups is 1. The Labute approximate surface area is 159 Å². The van der Waals surface area contributed by atoms with Crippen LogP contribution in [0, 0.1) is 0 Å². The van der Waals surface area contributed by atoms with Gasteiger partial charge >= 0.3 is 0 Å². The third-order valence-corrected chi connectivity index (χ3v) is 5.52. The lowest BCUT2D eigenvalue weighted by molar-refractivity contribution is -0.120. The van der Waals surface area contributed by atoms with Crippen LogP contribution in [0.2, 0.25) is 0 Å². The summed E-state index contributed by atoms with van der Waals surface area (Å²) in [5, 5.41) is 2.93. The van der Waals surface area contributed by atoms with Crippen molar-refractivity contribution in [3.63, 3.8) is 0 Å². The molecule has 1 N–H and O–H groups in total. The van der Waals surface area contributed by atoms with Crippen molar-refractivity contribution in [1.29, 1.82) is 0 Å². The molecule has 128 valence electrons. The molecule has 0 fully saturated rings. The maximum absolute atomic E-state index is 12.0. The number of hydrogen-bond acceptors (Lipinski definition) is 4. The minimum absolute atomic E-state index is 0.0400. The molecule has 7 heteroatoms. The fourth-order valence-electron chi connectivity index (χ4n) is 2.17. The van der Waals surface area contributed by atoms with E-state index in [1.54, 1.807) is 30.5 Å². The molecular weight excluding hydrogens is 400 g/mol. The number of rotatable bonds is 7. The number of carbonyl (C=O) groups is 1. The van der Waals surface area contributed by atoms with Crippen LogP contribution in [-0.4, -0.2) is 26.2 Å². The summed E-state index contributed by atoms with van der Waals surface area (Å²) >= 11 is 5.18. The Hall–Kier alpha value is -2.12. The topological polar surface area (TPSA) is 59.8 Å². The van der Waals surface area contributed by atoms with Gasteiger partial charge in [-0.15, -0.1) is 11.8 Å². The second kappa shape index (κ2) is 8.82. The van der Waals surface area contributed by atoms with Gasteiger partial charge in [0, 0.05) is 46.7 Å². The number of carbonyl (C=O) groups excluding carboxylic acids is 1. The molecule has 2 heterocycles. The Morgan fingerprint density at radius 2 is 2.12 bits per heavy atom. The molecule has 0 saturated heterocycles. The van der Waals surface area contributed by atoms with Gasteiger partial charge in [-0.25, -0.2) is 9.97 Å². The molecule has 0 unspecified atom stereocenters. The van der Waals surface area contributed by atoms with E-state index in [1.807, 2.05) is 47.2 Å². The van der Waals surface area contributed by atoms with Crippen LogP contribution in [0.1, 0.15) is 12.0 Å². The number of aromatic nitrogens is 3. The van der Waals surface area contributed by atoms with Crippen molar-refractivity contribution in [3.05, 3.63) is 71.4 Å². The van der Waals surface area contributed by atoms with E-state index >= 15 is 0 Å². The van der Waals surface area contributed by atoms with Crippen molar-refractivity contribution in [2.75, 3.05) is 5.75 Å². The van der Waals surface area contributed by atoms with Crippen molar-refractivity contribution in [3.8, 4) is 5.82 Å². The van der Waals surface area contributed by atoms with Crippen molar-refractivity contribution in [2.45, 2.75) is 17.9 Å². The summed E-state index contributed by atoms with van der Waals surface area (Å²) in [5.74, 6) is 1.59. The molecule has 1 aromatic carbocycles. The molecule has 0 aliphatic carbocycles. The number of nitrogens with zero attached hydrogens (tertiary/aromatic N) is 3. The molecule has 0 radical (unpaired) electrons. The largest absolute Gasteiger partial charge is 0.352 e. The number of halogens is 1. The first-order valence-corrected chi connectivity index (χ1v) is 9.57. The predicted molar refractivity (Wildman–Crippen MR) is 103 cm³/mol. The summed E-state index contributed by atoms with van der Waals surface area (Å²) in [6.07, 6.45) is 7.50. The Bertz CT molecular complexity index is 821. The number of hydrogen-bond donors (Lipinski definition) is 1. The number of nitrogens with one attached hydrogen (secondary N) is 1. The average Bonchev–Trinajstić information content (AvgIpc) is 3.17. The highest BCUT2D eigenvalue weighted by molar-refractivity contribution is 9.10. The molecule has 2 aromatic heterocycles. The fraction of sp³-hybridized carbons (Fsp3) is 0.167. The highest BCUT2D eigenvalue weighted by Crippen LogP contribution is 2.27. The quantitative estimate of drug-likeness (QED) is 0.594. The van der Waals surface area contributed by atoms with Crippen molar-refractivity contribution in [2.24, 2.45) is 0 Å². The van der Waals surface area contributed by atoms with E-state index in [-0.39, 0.29) is 5.91 Å². The third kappa shape index (κ3) is 5.17. The molecule has 0 spiro atoms. The normalized spacial score (nSPS) is 10.6. The summed E-state index contributed by atoms with van der Waals surface area (Å²) in [6.45, 7) is 0.482. The third-order valence-electron chi connectivity index (χ3n) is 3.49. The molecule has 0 bridgehead atoms. The SMILES string of the molecule is O=C(CCSc1ccccc1Br)NCc1ccc(-n2ccnc2)nc1. The minimum atomic E-state index is 0.0400. The van der Waals surface area contributed by atoms with E-state index in [2.05, 4.69) is 31.2 Å². The zero-order chi connectivity index (χ0) is 17.5. The standard InChI is InChI=1S/C18H17BrN4OS/c19-15-3-1-2-4-16(15)25-10-7-18(24)22-12-14-5-6-17(21-11-14)23-9-8-20-13-23/h1-6,8-9,11,13H,7,10,12H2,(H,22,24). The first-order valence-electron chi connectivity index (χ1n) is 7.79. The molecular formula is C18H17BrN4OS. The fourth-order valence-corrected chi connectivity index (χ4v) is 3.69. The summed E-state index contributed by atoms with van der Waals surface area (Å²) in [5.41, 5.74) is 0.968. The number of amides is 1. The summed E-state index contributed by atoms with van der Waals surface area (Å²) < 4.78 is 2.89. The first kappa shape index (κ1) is 17.7. The Kier molecular flexibility index (Phi) is 6.25. The molecule has 5 nitrogen and oxygen atoms in total. The van der Waals surface area contributed by atoms with Crippen LogP contribution in [0.5, 0.6) is 0 Å². The van der Waals surface area contributed by atoms with E-state index in [9.17, 15) is 4.79 Å².